The number of esters is 1. The van der Waals surface area contributed by atoms with Crippen LogP contribution < -0.4 is 10.1 Å². The second-order valence-electron chi connectivity index (χ2n) is 7.26. The van der Waals surface area contributed by atoms with Crippen LogP contribution in [0.25, 0.3) is 0 Å². The highest BCUT2D eigenvalue weighted by Gasteiger charge is 2.34. The van der Waals surface area contributed by atoms with Gasteiger partial charge < -0.3 is 33.7 Å². The van der Waals surface area contributed by atoms with E-state index in [1.165, 1.54) is 7.11 Å². The van der Waals surface area contributed by atoms with Crippen LogP contribution in [0.15, 0.2) is 24.3 Å². The van der Waals surface area contributed by atoms with Crippen molar-refractivity contribution >= 4 is 12.1 Å². The molecule has 0 bridgehead atoms. The Kier molecular flexibility index (Phi) is 11.2. The van der Waals surface area contributed by atoms with Gasteiger partial charge in [-0.3, -0.25) is 0 Å². The number of hydrogen-bond acceptors (Lipinski definition) is 8. The summed E-state index contributed by atoms with van der Waals surface area (Å²) < 4.78 is 31.5. The zero-order valence-corrected chi connectivity index (χ0v) is 18.6. The third-order valence-electron chi connectivity index (χ3n) is 3.72. The highest BCUT2D eigenvalue weighted by Crippen LogP contribution is 2.25. The summed E-state index contributed by atoms with van der Waals surface area (Å²) in [4.78, 5) is 24.7. The van der Waals surface area contributed by atoms with Gasteiger partial charge in [0.25, 0.3) is 0 Å². The first-order chi connectivity index (χ1) is 14.2. The van der Waals surface area contributed by atoms with Crippen molar-refractivity contribution in [1.29, 1.82) is 0 Å². The van der Waals surface area contributed by atoms with Crippen LogP contribution in [0.2, 0.25) is 0 Å². The number of alkyl carbamates (subject to hydrolysis) is 1. The average Bonchev–Trinajstić information content (AvgIpc) is 2.67. The van der Waals surface area contributed by atoms with E-state index in [4.69, 9.17) is 28.4 Å². The van der Waals surface area contributed by atoms with Crippen molar-refractivity contribution in [2.75, 3.05) is 40.8 Å². The van der Waals surface area contributed by atoms with Gasteiger partial charge in [-0.2, -0.15) is 0 Å². The molecule has 1 amide bonds. The molecule has 1 rings (SSSR count). The fourth-order valence-corrected chi connectivity index (χ4v) is 2.45. The highest BCUT2D eigenvalue weighted by atomic mass is 16.7. The van der Waals surface area contributed by atoms with Crippen molar-refractivity contribution in [2.45, 2.75) is 45.4 Å². The van der Waals surface area contributed by atoms with E-state index in [2.05, 4.69) is 5.32 Å². The lowest BCUT2D eigenvalue weighted by Crippen LogP contribution is -2.48. The van der Waals surface area contributed by atoms with Gasteiger partial charge in [-0.15, -0.1) is 0 Å². The SMILES string of the molecule is CCOC(=O)C(NC(=O)OC(C)(C)C)C(OC)c1ccc(OCOCCOC)cc1. The first-order valence-electron chi connectivity index (χ1n) is 9.70. The predicted octanol–water partition coefficient (Wildman–Crippen LogP) is 2.83. The van der Waals surface area contributed by atoms with Crippen molar-refractivity contribution in [3.8, 4) is 5.75 Å². The number of carbonyl (C=O) groups is 2. The molecule has 30 heavy (non-hydrogen) atoms. The lowest BCUT2D eigenvalue weighted by molar-refractivity contribution is -0.149. The van der Waals surface area contributed by atoms with Gasteiger partial charge in [0.15, 0.2) is 12.8 Å². The van der Waals surface area contributed by atoms with Crippen molar-refractivity contribution < 1.29 is 38.0 Å². The maximum atomic E-state index is 12.5. The van der Waals surface area contributed by atoms with E-state index < -0.39 is 29.8 Å². The molecule has 9 nitrogen and oxygen atoms in total. The molecule has 0 saturated carbocycles. The summed E-state index contributed by atoms with van der Waals surface area (Å²) >= 11 is 0. The number of methoxy groups -OCH3 is 2. The van der Waals surface area contributed by atoms with Crippen LogP contribution >= 0.6 is 0 Å². The van der Waals surface area contributed by atoms with Crippen molar-refractivity contribution in [2.24, 2.45) is 0 Å². The molecule has 0 heterocycles. The van der Waals surface area contributed by atoms with E-state index in [9.17, 15) is 9.59 Å². The van der Waals surface area contributed by atoms with Crippen LogP contribution in [0.1, 0.15) is 39.4 Å². The van der Waals surface area contributed by atoms with Crippen LogP contribution in [0, 0.1) is 0 Å². The predicted molar refractivity (Wildman–Crippen MR) is 109 cm³/mol. The lowest BCUT2D eigenvalue weighted by atomic mass is 10.0. The summed E-state index contributed by atoms with van der Waals surface area (Å²) in [6.07, 6.45) is -1.53. The number of rotatable bonds is 12. The molecule has 170 valence electrons. The van der Waals surface area contributed by atoms with Gasteiger partial charge in [0, 0.05) is 14.2 Å². The molecule has 1 aromatic rings. The van der Waals surface area contributed by atoms with E-state index in [1.807, 2.05) is 0 Å². The molecule has 2 unspecified atom stereocenters. The molecule has 0 aromatic heterocycles. The van der Waals surface area contributed by atoms with Crippen LogP contribution in [0.5, 0.6) is 5.75 Å². The van der Waals surface area contributed by atoms with Gasteiger partial charge in [0.1, 0.15) is 17.5 Å². The molecule has 0 spiro atoms. The largest absolute Gasteiger partial charge is 0.468 e. The molecule has 0 radical (unpaired) electrons. The minimum Gasteiger partial charge on any atom is -0.468 e. The Balaban J connectivity index is 2.88. The van der Waals surface area contributed by atoms with Crippen molar-refractivity contribution in [3.05, 3.63) is 29.8 Å². The Hall–Kier alpha value is -2.36. The minimum absolute atomic E-state index is 0.0854. The quantitative estimate of drug-likeness (QED) is 0.309. The maximum Gasteiger partial charge on any atom is 0.408 e. The summed E-state index contributed by atoms with van der Waals surface area (Å²) in [5, 5.41) is 2.55. The van der Waals surface area contributed by atoms with Crippen LogP contribution in [-0.4, -0.2) is 64.5 Å². The second-order valence-corrected chi connectivity index (χ2v) is 7.26. The molecular weight excluding hydrogens is 394 g/mol. The molecule has 0 fully saturated rings. The Morgan fingerprint density at radius 3 is 2.27 bits per heavy atom. The summed E-state index contributed by atoms with van der Waals surface area (Å²) in [6, 6.07) is 5.82. The van der Waals surface area contributed by atoms with E-state index in [1.54, 1.807) is 59.1 Å². The number of amides is 1. The number of nitrogens with one attached hydrogen (secondary N) is 1. The molecular formula is C21H33NO8. The normalized spacial score (nSPS) is 13.3. The molecule has 2 atom stereocenters. The summed E-state index contributed by atoms with van der Waals surface area (Å²) in [6.45, 7) is 8.05. The Morgan fingerprint density at radius 1 is 1.07 bits per heavy atom. The van der Waals surface area contributed by atoms with E-state index in [-0.39, 0.29) is 13.4 Å². The zero-order valence-electron chi connectivity index (χ0n) is 18.6. The number of hydrogen-bond donors (Lipinski definition) is 1. The molecule has 9 heteroatoms. The Morgan fingerprint density at radius 2 is 1.73 bits per heavy atom. The number of carbonyl (C=O) groups excluding carboxylic acids is 2. The van der Waals surface area contributed by atoms with Crippen LogP contribution in [0.3, 0.4) is 0 Å². The molecule has 0 aliphatic carbocycles. The highest BCUT2D eigenvalue weighted by molar-refractivity contribution is 5.82. The third kappa shape index (κ3) is 9.43. The summed E-state index contributed by atoms with van der Waals surface area (Å²) in [5.74, 6) is -0.0408. The monoisotopic (exact) mass is 427 g/mol. The van der Waals surface area contributed by atoms with Gasteiger partial charge in [-0.05, 0) is 45.4 Å². The standard InChI is InChI=1S/C21H33NO8/c1-7-28-19(23)17(22-20(24)30-21(2,3)4)18(26-6)15-8-10-16(11-9-15)29-14-27-13-12-25-5/h8-11,17-18H,7,12-14H2,1-6H3,(H,22,24). The number of benzene rings is 1. The third-order valence-corrected chi connectivity index (χ3v) is 3.72. The van der Waals surface area contributed by atoms with Gasteiger partial charge in [0.05, 0.1) is 19.8 Å². The second kappa shape index (κ2) is 13.0. The molecule has 0 aliphatic heterocycles. The van der Waals surface area contributed by atoms with Crippen molar-refractivity contribution in [3.63, 3.8) is 0 Å². The van der Waals surface area contributed by atoms with Gasteiger partial charge in [0.2, 0.25) is 0 Å². The van der Waals surface area contributed by atoms with Gasteiger partial charge in [-0.1, -0.05) is 12.1 Å². The summed E-state index contributed by atoms with van der Waals surface area (Å²) in [7, 11) is 3.04. The molecule has 1 N–H and O–H groups in total. The fourth-order valence-electron chi connectivity index (χ4n) is 2.45. The smallest absolute Gasteiger partial charge is 0.408 e. The molecule has 0 saturated heterocycles. The van der Waals surface area contributed by atoms with Crippen LogP contribution in [0.4, 0.5) is 4.79 Å². The zero-order chi connectivity index (χ0) is 22.6. The Bertz CT molecular complexity index is 641. The minimum atomic E-state index is -1.09. The first-order valence-corrected chi connectivity index (χ1v) is 9.70. The van der Waals surface area contributed by atoms with Gasteiger partial charge >= 0.3 is 12.1 Å². The van der Waals surface area contributed by atoms with E-state index in [0.717, 1.165) is 0 Å². The topological polar surface area (TPSA) is 102 Å². The fraction of sp³-hybridized carbons (Fsp3) is 0.619. The van der Waals surface area contributed by atoms with Crippen LogP contribution in [-0.2, 0) is 28.5 Å². The van der Waals surface area contributed by atoms with E-state index in [0.29, 0.717) is 24.5 Å². The van der Waals surface area contributed by atoms with E-state index >= 15 is 0 Å². The average molecular weight is 427 g/mol. The Labute approximate surface area is 177 Å². The first kappa shape index (κ1) is 25.7. The van der Waals surface area contributed by atoms with Crippen molar-refractivity contribution in [1.82, 2.24) is 5.32 Å². The molecule has 0 aliphatic rings. The van der Waals surface area contributed by atoms with Gasteiger partial charge in [-0.25, -0.2) is 9.59 Å². The molecule has 1 aromatic carbocycles. The summed E-state index contributed by atoms with van der Waals surface area (Å²) in [5.41, 5.74) is -0.0600. The lowest BCUT2D eigenvalue weighted by Gasteiger charge is -2.27. The number of ether oxygens (including phenoxy) is 6. The maximum absolute atomic E-state index is 12.5.